The van der Waals surface area contributed by atoms with Crippen LogP contribution in [-0.2, 0) is 14.8 Å². The van der Waals surface area contributed by atoms with Crippen molar-refractivity contribution in [3.63, 3.8) is 0 Å². The lowest BCUT2D eigenvalue weighted by molar-refractivity contribution is 0.0410. The summed E-state index contributed by atoms with van der Waals surface area (Å²) in [5, 5.41) is 11.3. The highest BCUT2D eigenvalue weighted by Gasteiger charge is 2.14. The second-order valence-electron chi connectivity index (χ2n) is 6.31. The van der Waals surface area contributed by atoms with Crippen molar-refractivity contribution in [2.45, 2.75) is 9.92 Å². The number of rotatable bonds is 6. The minimum atomic E-state index is -3.73. The van der Waals surface area contributed by atoms with Crippen LogP contribution in [0.5, 0.6) is 0 Å². The highest BCUT2D eigenvalue weighted by atomic mass is 32.2. The predicted molar refractivity (Wildman–Crippen MR) is 106 cm³/mol. The minimum absolute atomic E-state index is 0.0571. The van der Waals surface area contributed by atoms with Crippen molar-refractivity contribution in [1.29, 1.82) is 0 Å². The molecule has 28 heavy (non-hydrogen) atoms. The third kappa shape index (κ3) is 4.18. The van der Waals surface area contributed by atoms with E-state index in [4.69, 9.17) is 9.88 Å². The number of ether oxygens (including phenoxy) is 1. The fourth-order valence-electron chi connectivity index (χ4n) is 3.00. The van der Waals surface area contributed by atoms with E-state index < -0.39 is 10.0 Å². The zero-order valence-corrected chi connectivity index (χ0v) is 16.7. The van der Waals surface area contributed by atoms with Crippen molar-refractivity contribution >= 4 is 32.8 Å². The summed E-state index contributed by atoms with van der Waals surface area (Å²) < 4.78 is 29.9. The smallest absolute Gasteiger partial charge is 0.238 e. The summed E-state index contributed by atoms with van der Waals surface area (Å²) in [6, 6.07) is 6.22. The molecule has 0 unspecified atom stereocenters. The molecule has 2 aromatic heterocycles. The molecule has 3 aromatic rings. The van der Waals surface area contributed by atoms with Crippen LogP contribution in [0.25, 0.3) is 16.7 Å². The van der Waals surface area contributed by atoms with Gasteiger partial charge in [-0.2, -0.15) is 5.10 Å². The third-order valence-electron chi connectivity index (χ3n) is 4.49. The maximum absolute atomic E-state index is 11.4. The Morgan fingerprint density at radius 3 is 2.61 bits per heavy atom. The van der Waals surface area contributed by atoms with E-state index in [-0.39, 0.29) is 4.90 Å². The summed E-state index contributed by atoms with van der Waals surface area (Å²) in [7, 11) is -3.73. The normalized spacial score (nSPS) is 15.9. The zero-order chi connectivity index (χ0) is 19.6. The summed E-state index contributed by atoms with van der Waals surface area (Å²) in [6.07, 6.45) is 3.26. The number of hydrogen-bond donors (Lipinski definition) is 1. The van der Waals surface area contributed by atoms with Gasteiger partial charge in [0.2, 0.25) is 10.0 Å². The van der Waals surface area contributed by atoms with Crippen molar-refractivity contribution in [3.8, 4) is 5.69 Å². The van der Waals surface area contributed by atoms with Gasteiger partial charge in [0.15, 0.2) is 5.65 Å². The van der Waals surface area contributed by atoms with Gasteiger partial charge in [0.1, 0.15) is 11.4 Å². The number of hydrogen-bond acceptors (Lipinski definition) is 8. The molecular weight excluding hydrogens is 400 g/mol. The lowest BCUT2D eigenvalue weighted by atomic mass is 10.3. The van der Waals surface area contributed by atoms with Crippen LogP contribution < -0.4 is 5.14 Å². The van der Waals surface area contributed by atoms with Crippen molar-refractivity contribution in [2.75, 3.05) is 38.6 Å². The van der Waals surface area contributed by atoms with Crippen LogP contribution in [0.2, 0.25) is 0 Å². The molecule has 1 aromatic carbocycles. The highest BCUT2D eigenvalue weighted by molar-refractivity contribution is 7.99. The number of aromatic nitrogens is 4. The van der Waals surface area contributed by atoms with E-state index in [2.05, 4.69) is 20.0 Å². The topological polar surface area (TPSA) is 116 Å². The highest BCUT2D eigenvalue weighted by Crippen LogP contribution is 2.26. The molecule has 0 bridgehead atoms. The molecule has 1 saturated heterocycles. The molecule has 0 aliphatic carbocycles. The largest absolute Gasteiger partial charge is 0.379 e. The summed E-state index contributed by atoms with van der Waals surface area (Å²) in [6.45, 7) is 4.49. The number of fused-ring (bicyclic) bond motifs is 1. The molecule has 0 atom stereocenters. The molecule has 148 valence electrons. The summed E-state index contributed by atoms with van der Waals surface area (Å²) in [5.74, 6) is 0.917. The maximum atomic E-state index is 11.4. The second kappa shape index (κ2) is 8.13. The van der Waals surface area contributed by atoms with Crippen molar-refractivity contribution < 1.29 is 13.2 Å². The Morgan fingerprint density at radius 2 is 1.89 bits per heavy atom. The van der Waals surface area contributed by atoms with Crippen LogP contribution in [-0.4, -0.2) is 71.7 Å². The zero-order valence-electron chi connectivity index (χ0n) is 15.1. The Kier molecular flexibility index (Phi) is 5.60. The lowest BCUT2D eigenvalue weighted by Crippen LogP contribution is -2.37. The number of nitrogens with two attached hydrogens (primary N) is 1. The molecule has 3 heterocycles. The van der Waals surface area contributed by atoms with Crippen LogP contribution in [0, 0.1) is 0 Å². The van der Waals surface area contributed by atoms with E-state index in [0.29, 0.717) is 11.3 Å². The monoisotopic (exact) mass is 420 g/mol. The van der Waals surface area contributed by atoms with Gasteiger partial charge in [0, 0.05) is 25.4 Å². The Labute approximate surface area is 166 Å². The van der Waals surface area contributed by atoms with Crippen LogP contribution in [0.4, 0.5) is 0 Å². The van der Waals surface area contributed by atoms with Gasteiger partial charge in [-0.25, -0.2) is 28.2 Å². The van der Waals surface area contributed by atoms with Crippen LogP contribution in [0.15, 0.2) is 46.7 Å². The molecule has 1 aliphatic rings. The molecule has 9 nitrogen and oxygen atoms in total. The average Bonchev–Trinajstić information content (AvgIpc) is 3.13. The van der Waals surface area contributed by atoms with Gasteiger partial charge in [-0.05, 0) is 24.3 Å². The molecule has 11 heteroatoms. The van der Waals surface area contributed by atoms with Gasteiger partial charge >= 0.3 is 0 Å². The van der Waals surface area contributed by atoms with E-state index in [0.717, 1.165) is 49.0 Å². The fourth-order valence-corrected chi connectivity index (χ4v) is 4.48. The van der Waals surface area contributed by atoms with Crippen LogP contribution in [0.3, 0.4) is 0 Å². The molecule has 0 radical (unpaired) electrons. The predicted octanol–water partition coefficient (Wildman–Crippen LogP) is 0.887. The van der Waals surface area contributed by atoms with E-state index in [9.17, 15) is 8.42 Å². The van der Waals surface area contributed by atoms with E-state index in [1.807, 2.05) is 0 Å². The van der Waals surface area contributed by atoms with E-state index in [1.54, 1.807) is 34.8 Å². The van der Waals surface area contributed by atoms with Crippen molar-refractivity contribution in [2.24, 2.45) is 5.14 Å². The first-order chi connectivity index (χ1) is 13.5. The second-order valence-corrected chi connectivity index (χ2v) is 8.96. The minimum Gasteiger partial charge on any atom is -0.379 e. The van der Waals surface area contributed by atoms with Crippen molar-refractivity contribution in [3.05, 3.63) is 36.8 Å². The quantitative estimate of drug-likeness (QED) is 0.462. The molecule has 2 N–H and O–H groups in total. The summed E-state index contributed by atoms with van der Waals surface area (Å²) in [5.41, 5.74) is 1.37. The van der Waals surface area contributed by atoms with E-state index in [1.165, 1.54) is 18.5 Å². The maximum Gasteiger partial charge on any atom is 0.238 e. The van der Waals surface area contributed by atoms with Crippen molar-refractivity contribution in [1.82, 2.24) is 24.6 Å². The number of benzene rings is 1. The average molecular weight is 421 g/mol. The first-order valence-electron chi connectivity index (χ1n) is 8.77. The first-order valence-corrected chi connectivity index (χ1v) is 11.3. The Hall–Kier alpha value is -2.05. The standard InChI is InChI=1S/C17H20N6O3S2/c18-28(24,25)14-3-1-13(2-4-14)23-16-15(11-21-23)17(20-12-19-16)27-10-7-22-5-8-26-9-6-22/h1-4,11-12H,5-10H2,(H2,18,24,25). The van der Waals surface area contributed by atoms with Gasteiger partial charge < -0.3 is 4.74 Å². The van der Waals surface area contributed by atoms with Gasteiger partial charge in [0.05, 0.1) is 35.4 Å². The number of thioether (sulfide) groups is 1. The van der Waals surface area contributed by atoms with Crippen LogP contribution >= 0.6 is 11.8 Å². The molecule has 1 aliphatic heterocycles. The Balaban J connectivity index is 1.53. The van der Waals surface area contributed by atoms with Gasteiger partial charge in [-0.1, -0.05) is 0 Å². The molecule has 4 rings (SSSR count). The number of primary sulfonamides is 1. The SMILES string of the molecule is NS(=O)(=O)c1ccc(-n2ncc3c(SCCN4CCOCC4)ncnc32)cc1. The van der Waals surface area contributed by atoms with Gasteiger partial charge in [0.25, 0.3) is 0 Å². The van der Waals surface area contributed by atoms with E-state index >= 15 is 0 Å². The lowest BCUT2D eigenvalue weighted by Gasteiger charge is -2.26. The Bertz CT molecular complexity index is 1060. The van der Waals surface area contributed by atoms with Crippen LogP contribution in [0.1, 0.15) is 0 Å². The Morgan fingerprint density at radius 1 is 1.14 bits per heavy atom. The fraction of sp³-hybridized carbons (Fsp3) is 0.353. The van der Waals surface area contributed by atoms with Gasteiger partial charge in [-0.15, -0.1) is 11.8 Å². The molecule has 0 amide bonds. The third-order valence-corrected chi connectivity index (χ3v) is 6.40. The molecule has 1 fully saturated rings. The van der Waals surface area contributed by atoms with Gasteiger partial charge in [-0.3, -0.25) is 4.90 Å². The molecular formula is C17H20N6O3S2. The molecule has 0 saturated carbocycles. The summed E-state index contributed by atoms with van der Waals surface area (Å²) >= 11 is 1.68. The number of sulfonamides is 1. The first kappa shape index (κ1) is 19.3. The number of nitrogens with zero attached hydrogens (tertiary/aromatic N) is 5. The number of morpholine rings is 1. The molecule has 0 spiro atoms. The summed E-state index contributed by atoms with van der Waals surface area (Å²) in [4.78, 5) is 11.2.